The molecule has 1 aromatic rings. The van der Waals surface area contributed by atoms with Crippen molar-refractivity contribution in [3.05, 3.63) is 12.2 Å². The van der Waals surface area contributed by atoms with E-state index in [1.54, 1.807) is 6.33 Å². The van der Waals surface area contributed by atoms with E-state index in [-0.39, 0.29) is 30.1 Å². The molecule has 0 aromatic carbocycles. The number of nitrogens with zero attached hydrogens (tertiary/aromatic N) is 4. The van der Waals surface area contributed by atoms with E-state index in [4.69, 9.17) is 4.74 Å². The average Bonchev–Trinajstić information content (AvgIpc) is 3.27. The lowest BCUT2D eigenvalue weighted by Crippen LogP contribution is -2.40. The molecule has 1 atom stereocenters. The highest BCUT2D eigenvalue weighted by Gasteiger charge is 2.14. The number of nitrogens with one attached hydrogen (secondary N) is 2. The van der Waals surface area contributed by atoms with E-state index < -0.39 is 0 Å². The lowest BCUT2D eigenvalue weighted by molar-refractivity contribution is 0.117. The van der Waals surface area contributed by atoms with Gasteiger partial charge in [-0.2, -0.15) is 11.8 Å². The van der Waals surface area contributed by atoms with Crippen molar-refractivity contribution in [2.75, 3.05) is 38.2 Å². The van der Waals surface area contributed by atoms with Crippen molar-refractivity contribution in [2.24, 2.45) is 4.99 Å². The molecule has 1 aliphatic rings. The number of aryl methyl sites for hydroxylation is 1. The number of thioether (sulfide) groups is 1. The van der Waals surface area contributed by atoms with Gasteiger partial charge in [0.15, 0.2) is 5.96 Å². The van der Waals surface area contributed by atoms with Gasteiger partial charge in [0.1, 0.15) is 12.2 Å². The van der Waals surface area contributed by atoms with Crippen molar-refractivity contribution in [3.63, 3.8) is 0 Å². The van der Waals surface area contributed by atoms with Gasteiger partial charge in [-0.15, -0.1) is 34.2 Å². The summed E-state index contributed by atoms with van der Waals surface area (Å²) in [5.74, 6) is 3.05. The normalized spacial score (nSPS) is 17.4. The number of rotatable bonds is 10. The second-order valence-corrected chi connectivity index (χ2v) is 6.80. The summed E-state index contributed by atoms with van der Waals surface area (Å²) in [6.45, 7) is 6.26. The molecule has 2 N–H and O–H groups in total. The van der Waals surface area contributed by atoms with Gasteiger partial charge in [0.25, 0.3) is 0 Å². The second kappa shape index (κ2) is 13.6. The van der Waals surface area contributed by atoms with Crippen LogP contribution >= 0.6 is 35.7 Å². The Balaban J connectivity index is 0.00000312. The van der Waals surface area contributed by atoms with Gasteiger partial charge in [-0.1, -0.05) is 6.92 Å². The number of aliphatic imine (C=N–C) groups is 1. The maximum absolute atomic E-state index is 5.65. The number of halogens is 1. The molecule has 2 rings (SSSR count). The minimum absolute atomic E-state index is 0. The molecule has 2 heterocycles. The molecule has 1 aliphatic heterocycles. The van der Waals surface area contributed by atoms with Crippen molar-refractivity contribution in [1.29, 1.82) is 0 Å². The Bertz CT molecular complexity index is 493. The number of aromatic nitrogens is 3. The summed E-state index contributed by atoms with van der Waals surface area (Å²) >= 11 is 1.87. The monoisotopic (exact) mass is 482 g/mol. The van der Waals surface area contributed by atoms with E-state index >= 15 is 0 Å². The molecule has 0 bridgehead atoms. The molecule has 1 saturated heterocycles. The van der Waals surface area contributed by atoms with Gasteiger partial charge in [0.05, 0.1) is 12.6 Å². The quantitative estimate of drug-likeness (QED) is 0.230. The highest BCUT2D eigenvalue weighted by molar-refractivity contribution is 14.0. The van der Waals surface area contributed by atoms with E-state index in [0.717, 1.165) is 76.0 Å². The highest BCUT2D eigenvalue weighted by Crippen LogP contribution is 2.11. The first-order valence-electron chi connectivity index (χ1n) is 8.83. The zero-order valence-corrected chi connectivity index (χ0v) is 18.4. The van der Waals surface area contributed by atoms with E-state index in [0.29, 0.717) is 0 Å². The molecule has 9 heteroatoms. The van der Waals surface area contributed by atoms with Gasteiger partial charge >= 0.3 is 0 Å². The molecule has 0 saturated carbocycles. The molecule has 1 aromatic heterocycles. The third-order valence-electron chi connectivity index (χ3n) is 3.95. The number of hydrogen-bond acceptors (Lipinski definition) is 5. The molecule has 1 fully saturated rings. The molecule has 0 spiro atoms. The van der Waals surface area contributed by atoms with Gasteiger partial charge < -0.3 is 19.9 Å². The Kier molecular flexibility index (Phi) is 12.3. The van der Waals surface area contributed by atoms with E-state index in [2.05, 4.69) is 43.6 Å². The van der Waals surface area contributed by atoms with Crippen LogP contribution in [0.15, 0.2) is 11.3 Å². The molecule has 7 nitrogen and oxygen atoms in total. The smallest absolute Gasteiger partial charge is 0.191 e. The van der Waals surface area contributed by atoms with Crippen molar-refractivity contribution >= 4 is 41.7 Å². The van der Waals surface area contributed by atoms with Crippen molar-refractivity contribution in [2.45, 2.75) is 45.3 Å². The number of guanidine groups is 1. The van der Waals surface area contributed by atoms with Crippen molar-refractivity contribution in [3.8, 4) is 0 Å². The highest BCUT2D eigenvalue weighted by atomic mass is 127. The fraction of sp³-hybridized carbons (Fsp3) is 0.812. The number of ether oxygens (including phenoxy) is 1. The minimum atomic E-state index is 0. The zero-order valence-electron chi connectivity index (χ0n) is 15.2. The molecular formula is C16H31IN6OS. The topological polar surface area (TPSA) is 76.4 Å². The summed E-state index contributed by atoms with van der Waals surface area (Å²) in [5.41, 5.74) is 0. The molecular weight excluding hydrogens is 451 g/mol. The lowest BCUT2D eigenvalue weighted by Gasteiger charge is -2.14. The molecule has 0 amide bonds. The maximum atomic E-state index is 5.65. The first kappa shape index (κ1) is 22.5. The van der Waals surface area contributed by atoms with Crippen LogP contribution in [0.4, 0.5) is 0 Å². The third-order valence-corrected chi connectivity index (χ3v) is 4.65. The summed E-state index contributed by atoms with van der Waals surface area (Å²) < 4.78 is 7.74. The van der Waals surface area contributed by atoms with Gasteiger partial charge in [0, 0.05) is 32.7 Å². The molecule has 0 aliphatic carbocycles. The molecule has 0 radical (unpaired) electrons. The summed E-state index contributed by atoms with van der Waals surface area (Å²) in [7, 11) is 0. The van der Waals surface area contributed by atoms with E-state index in [9.17, 15) is 0 Å². The largest absolute Gasteiger partial charge is 0.376 e. The third kappa shape index (κ3) is 8.59. The van der Waals surface area contributed by atoms with Crippen LogP contribution in [0.25, 0.3) is 0 Å². The Labute approximate surface area is 172 Å². The Morgan fingerprint density at radius 1 is 1.44 bits per heavy atom. The van der Waals surface area contributed by atoms with Gasteiger partial charge in [-0.05, 0) is 31.3 Å². The van der Waals surface area contributed by atoms with Gasteiger partial charge in [-0.25, -0.2) is 0 Å². The standard InChI is InChI=1S/C16H30N6OS.HI/c1-3-15-21-20-13-22(15)9-8-18-16(17-7-5-11-24-2)19-12-14-6-4-10-23-14;/h13-14H,3-12H2,1-2H3,(H2,17,18,19);1H. The maximum Gasteiger partial charge on any atom is 0.191 e. The Hall–Kier alpha value is -0.550. The fourth-order valence-corrected chi connectivity index (χ4v) is 3.05. The second-order valence-electron chi connectivity index (χ2n) is 5.82. The number of hydrogen-bond donors (Lipinski definition) is 2. The van der Waals surface area contributed by atoms with Crippen molar-refractivity contribution in [1.82, 2.24) is 25.4 Å². The van der Waals surface area contributed by atoms with Gasteiger partial charge in [0.2, 0.25) is 0 Å². The van der Waals surface area contributed by atoms with Crippen LogP contribution in [0, 0.1) is 0 Å². The fourth-order valence-electron chi connectivity index (χ4n) is 2.61. The van der Waals surface area contributed by atoms with Crippen LogP contribution in [0.5, 0.6) is 0 Å². The Morgan fingerprint density at radius 3 is 3.00 bits per heavy atom. The van der Waals surface area contributed by atoms with Crippen LogP contribution in [0.1, 0.15) is 32.0 Å². The van der Waals surface area contributed by atoms with Crippen LogP contribution in [-0.2, 0) is 17.7 Å². The SMILES string of the molecule is CCc1nncn1CCNC(=NCC1CCCO1)NCCCSC.I. The first-order chi connectivity index (χ1) is 11.8. The van der Waals surface area contributed by atoms with E-state index in [1.165, 1.54) is 0 Å². The first-order valence-corrected chi connectivity index (χ1v) is 10.2. The van der Waals surface area contributed by atoms with E-state index in [1.807, 2.05) is 11.8 Å². The molecule has 1 unspecified atom stereocenters. The molecule has 25 heavy (non-hydrogen) atoms. The molecule has 144 valence electrons. The van der Waals surface area contributed by atoms with Crippen LogP contribution in [-0.4, -0.2) is 65.1 Å². The van der Waals surface area contributed by atoms with Crippen LogP contribution in [0.3, 0.4) is 0 Å². The predicted octanol–water partition coefficient (Wildman–Crippen LogP) is 1.93. The zero-order chi connectivity index (χ0) is 17.0. The van der Waals surface area contributed by atoms with Crippen molar-refractivity contribution < 1.29 is 4.74 Å². The van der Waals surface area contributed by atoms with Crippen LogP contribution < -0.4 is 10.6 Å². The lowest BCUT2D eigenvalue weighted by atomic mass is 10.2. The van der Waals surface area contributed by atoms with Crippen LogP contribution in [0.2, 0.25) is 0 Å². The summed E-state index contributed by atoms with van der Waals surface area (Å²) in [6.07, 6.45) is 8.49. The summed E-state index contributed by atoms with van der Waals surface area (Å²) in [6, 6.07) is 0. The average molecular weight is 482 g/mol. The van der Waals surface area contributed by atoms with Gasteiger partial charge in [-0.3, -0.25) is 4.99 Å². The Morgan fingerprint density at radius 2 is 2.28 bits per heavy atom. The minimum Gasteiger partial charge on any atom is -0.376 e. The predicted molar refractivity (Wildman–Crippen MR) is 115 cm³/mol. The summed E-state index contributed by atoms with van der Waals surface area (Å²) in [4.78, 5) is 4.69. The summed E-state index contributed by atoms with van der Waals surface area (Å²) in [5, 5.41) is 14.9.